The second kappa shape index (κ2) is 5.50. The van der Waals surface area contributed by atoms with Gasteiger partial charge in [-0.15, -0.1) is 11.3 Å². The Morgan fingerprint density at radius 1 is 1.45 bits per heavy atom. The second-order valence-electron chi connectivity index (χ2n) is 6.81. The van der Waals surface area contributed by atoms with E-state index in [0.717, 1.165) is 35.8 Å². The highest BCUT2D eigenvalue weighted by Crippen LogP contribution is 2.35. The van der Waals surface area contributed by atoms with Crippen molar-refractivity contribution in [3.05, 3.63) is 33.6 Å². The Bertz CT molecular complexity index is 684. The predicted molar refractivity (Wildman–Crippen MR) is 85.1 cm³/mol. The van der Waals surface area contributed by atoms with Gasteiger partial charge in [0.1, 0.15) is 4.88 Å². The third kappa shape index (κ3) is 2.79. The molecule has 0 saturated carbocycles. The van der Waals surface area contributed by atoms with Gasteiger partial charge in [-0.2, -0.15) is 0 Å². The molecule has 1 atom stereocenters. The molecule has 1 saturated heterocycles. The van der Waals surface area contributed by atoms with Gasteiger partial charge in [0, 0.05) is 18.0 Å². The van der Waals surface area contributed by atoms with Crippen LogP contribution >= 0.6 is 11.3 Å². The fraction of sp³-hybridized carbons (Fsp3) is 0.562. The number of carbonyl (C=O) groups is 1. The lowest BCUT2D eigenvalue weighted by atomic mass is 9.98. The average Bonchev–Trinajstić information content (AvgIpc) is 3.16. The fourth-order valence-corrected chi connectivity index (χ4v) is 3.64. The normalized spacial score (nSPS) is 18.9. The van der Waals surface area contributed by atoms with Gasteiger partial charge in [0.15, 0.2) is 5.76 Å². The molecule has 5 nitrogen and oxygen atoms in total. The lowest BCUT2D eigenvalue weighted by Gasteiger charge is -2.21. The van der Waals surface area contributed by atoms with Crippen molar-refractivity contribution in [3.8, 4) is 0 Å². The molecule has 1 fully saturated rings. The van der Waals surface area contributed by atoms with Crippen molar-refractivity contribution in [2.45, 2.75) is 52.0 Å². The van der Waals surface area contributed by atoms with Gasteiger partial charge in [0.05, 0.1) is 22.9 Å². The number of rotatable bonds is 2. The molecular formula is C16H21N3O2S. The molecule has 1 aliphatic heterocycles. The van der Waals surface area contributed by atoms with E-state index in [4.69, 9.17) is 4.52 Å². The molecule has 0 aromatic carbocycles. The third-order valence-corrected chi connectivity index (χ3v) is 5.26. The first-order chi connectivity index (χ1) is 10.4. The van der Waals surface area contributed by atoms with E-state index >= 15 is 0 Å². The van der Waals surface area contributed by atoms with Crippen LogP contribution in [-0.2, 0) is 5.41 Å². The van der Waals surface area contributed by atoms with Crippen LogP contribution in [-0.4, -0.2) is 27.5 Å². The van der Waals surface area contributed by atoms with E-state index in [0.29, 0.717) is 4.88 Å². The highest BCUT2D eigenvalue weighted by atomic mass is 32.1. The Labute approximate surface area is 134 Å². The molecule has 3 rings (SSSR count). The summed E-state index contributed by atoms with van der Waals surface area (Å²) in [5, 5.41) is 4.93. The van der Waals surface area contributed by atoms with Crippen molar-refractivity contribution in [3.63, 3.8) is 0 Å². The van der Waals surface area contributed by atoms with Crippen LogP contribution in [0.15, 0.2) is 16.8 Å². The summed E-state index contributed by atoms with van der Waals surface area (Å²) in [4.78, 5) is 19.8. The largest absolute Gasteiger partial charge is 0.359 e. The molecule has 0 unspecified atom stereocenters. The zero-order valence-corrected chi connectivity index (χ0v) is 14.2. The van der Waals surface area contributed by atoms with E-state index in [2.05, 4.69) is 30.9 Å². The first-order valence-corrected chi connectivity index (χ1v) is 8.38. The molecule has 0 aliphatic carbocycles. The number of aryl methyl sites for hydroxylation is 1. The maximum atomic E-state index is 12.8. The topological polar surface area (TPSA) is 59.2 Å². The Morgan fingerprint density at radius 2 is 2.23 bits per heavy atom. The SMILES string of the molecule is Cc1cc([C@@H]2CCCN2C(=O)c2cnc(C(C)(C)C)s2)on1. The van der Waals surface area contributed by atoms with E-state index in [-0.39, 0.29) is 17.4 Å². The summed E-state index contributed by atoms with van der Waals surface area (Å²) in [6.45, 7) is 8.97. The molecule has 1 aliphatic rings. The molecule has 2 aromatic rings. The highest BCUT2D eigenvalue weighted by Gasteiger charge is 2.34. The molecule has 0 bridgehead atoms. The summed E-state index contributed by atoms with van der Waals surface area (Å²) in [6, 6.07) is 1.91. The van der Waals surface area contributed by atoms with Gasteiger partial charge in [-0.05, 0) is 19.8 Å². The number of hydrogen-bond acceptors (Lipinski definition) is 5. The third-order valence-electron chi connectivity index (χ3n) is 3.85. The first-order valence-electron chi connectivity index (χ1n) is 7.57. The van der Waals surface area contributed by atoms with Crippen LogP contribution in [0.25, 0.3) is 0 Å². The lowest BCUT2D eigenvalue weighted by molar-refractivity contribution is 0.0719. The number of carbonyl (C=O) groups excluding carboxylic acids is 1. The van der Waals surface area contributed by atoms with Gasteiger partial charge >= 0.3 is 0 Å². The zero-order valence-electron chi connectivity index (χ0n) is 13.4. The Balaban J connectivity index is 1.83. The minimum Gasteiger partial charge on any atom is -0.359 e. The molecular weight excluding hydrogens is 298 g/mol. The second-order valence-corrected chi connectivity index (χ2v) is 7.84. The van der Waals surface area contributed by atoms with Crippen molar-refractivity contribution < 1.29 is 9.32 Å². The van der Waals surface area contributed by atoms with Gasteiger partial charge in [-0.25, -0.2) is 4.98 Å². The molecule has 118 valence electrons. The number of nitrogens with zero attached hydrogens (tertiary/aromatic N) is 3. The molecule has 0 spiro atoms. The van der Waals surface area contributed by atoms with E-state index in [1.807, 2.05) is 17.9 Å². The summed E-state index contributed by atoms with van der Waals surface area (Å²) in [5.41, 5.74) is 0.817. The predicted octanol–water partition coefficient (Wildman–Crippen LogP) is 3.71. The van der Waals surface area contributed by atoms with Gasteiger partial charge in [-0.1, -0.05) is 25.9 Å². The van der Waals surface area contributed by atoms with Gasteiger partial charge in [-0.3, -0.25) is 4.79 Å². The molecule has 1 amide bonds. The van der Waals surface area contributed by atoms with E-state index in [1.54, 1.807) is 6.20 Å². The standard InChI is InChI=1S/C16H21N3O2S/c1-10-8-12(21-18-10)11-6-5-7-19(11)14(20)13-9-17-15(22-13)16(2,3)4/h8-9,11H,5-7H2,1-4H3/t11-/m0/s1. The van der Waals surface area contributed by atoms with Crippen LogP contribution in [0.1, 0.15) is 65.8 Å². The van der Waals surface area contributed by atoms with Crippen molar-refractivity contribution in [1.82, 2.24) is 15.0 Å². The molecule has 6 heteroatoms. The van der Waals surface area contributed by atoms with Crippen molar-refractivity contribution in [2.75, 3.05) is 6.54 Å². The van der Waals surface area contributed by atoms with Crippen LogP contribution in [0.3, 0.4) is 0 Å². The molecule has 2 aromatic heterocycles. The summed E-state index contributed by atoms with van der Waals surface area (Å²) in [7, 11) is 0. The molecule has 3 heterocycles. The number of amides is 1. The maximum Gasteiger partial charge on any atom is 0.266 e. The minimum absolute atomic E-state index is 0.00566. The Hall–Kier alpha value is -1.69. The smallest absolute Gasteiger partial charge is 0.266 e. The molecule has 22 heavy (non-hydrogen) atoms. The first kappa shape index (κ1) is 15.2. The van der Waals surface area contributed by atoms with Gasteiger partial charge < -0.3 is 9.42 Å². The highest BCUT2D eigenvalue weighted by molar-refractivity contribution is 7.13. The minimum atomic E-state index is -0.0321. The monoisotopic (exact) mass is 319 g/mol. The van der Waals surface area contributed by atoms with Crippen molar-refractivity contribution in [2.24, 2.45) is 0 Å². The Kier molecular flexibility index (Phi) is 3.80. The van der Waals surface area contributed by atoms with Gasteiger partial charge in [0.2, 0.25) is 0 Å². The fourth-order valence-electron chi connectivity index (χ4n) is 2.71. The van der Waals surface area contributed by atoms with Crippen LogP contribution in [0.5, 0.6) is 0 Å². The van der Waals surface area contributed by atoms with E-state index < -0.39 is 0 Å². The summed E-state index contributed by atoms with van der Waals surface area (Å²) >= 11 is 1.49. The van der Waals surface area contributed by atoms with Crippen LogP contribution < -0.4 is 0 Å². The summed E-state index contributed by atoms with van der Waals surface area (Å²) < 4.78 is 5.37. The maximum absolute atomic E-state index is 12.8. The summed E-state index contributed by atoms with van der Waals surface area (Å²) in [5.74, 6) is 0.827. The lowest BCUT2D eigenvalue weighted by Crippen LogP contribution is -2.29. The molecule has 0 radical (unpaired) electrons. The van der Waals surface area contributed by atoms with Crippen molar-refractivity contribution in [1.29, 1.82) is 0 Å². The zero-order chi connectivity index (χ0) is 15.9. The van der Waals surface area contributed by atoms with Crippen LogP contribution in [0.4, 0.5) is 0 Å². The summed E-state index contributed by atoms with van der Waals surface area (Å²) in [6.07, 6.45) is 3.61. The number of aromatic nitrogens is 2. The van der Waals surface area contributed by atoms with Crippen molar-refractivity contribution >= 4 is 17.2 Å². The number of hydrogen-bond donors (Lipinski definition) is 0. The quantitative estimate of drug-likeness (QED) is 0.846. The van der Waals surface area contributed by atoms with Gasteiger partial charge in [0.25, 0.3) is 5.91 Å². The van der Waals surface area contributed by atoms with E-state index in [1.165, 1.54) is 11.3 Å². The average molecular weight is 319 g/mol. The molecule has 0 N–H and O–H groups in total. The Morgan fingerprint density at radius 3 is 2.82 bits per heavy atom. The van der Waals surface area contributed by atoms with E-state index in [9.17, 15) is 4.79 Å². The van der Waals surface area contributed by atoms with Crippen LogP contribution in [0, 0.1) is 6.92 Å². The number of likely N-dealkylation sites (tertiary alicyclic amines) is 1. The number of thiazole rings is 1. The van der Waals surface area contributed by atoms with Crippen LogP contribution in [0.2, 0.25) is 0 Å².